The van der Waals surface area contributed by atoms with E-state index < -0.39 is 11.3 Å². The van der Waals surface area contributed by atoms with Crippen molar-refractivity contribution in [3.63, 3.8) is 0 Å². The number of fused-ring (bicyclic) bond motifs is 1. The zero-order valence-corrected chi connectivity index (χ0v) is 11.5. The highest BCUT2D eigenvalue weighted by Crippen LogP contribution is 2.27. The van der Waals surface area contributed by atoms with E-state index in [2.05, 4.69) is 14.7 Å². The molecule has 2 N–H and O–H groups in total. The molecule has 3 aromatic rings. The van der Waals surface area contributed by atoms with Crippen molar-refractivity contribution >= 4 is 28.0 Å². The Bertz CT molecular complexity index is 875. The van der Waals surface area contributed by atoms with Gasteiger partial charge in [-0.2, -0.15) is 0 Å². The van der Waals surface area contributed by atoms with Crippen LogP contribution in [0.15, 0.2) is 53.5 Å². The van der Waals surface area contributed by atoms with Crippen LogP contribution in [0.25, 0.3) is 22.2 Å². The molecule has 2 heterocycles. The molecular formula is C14H10N3O3S-. The van der Waals surface area contributed by atoms with Gasteiger partial charge in [0.2, 0.25) is 5.56 Å². The predicted octanol–water partition coefficient (Wildman–Crippen LogP) is 1.80. The lowest BCUT2D eigenvalue weighted by atomic mass is 10.0. The van der Waals surface area contributed by atoms with Crippen molar-refractivity contribution in [1.82, 2.24) is 9.97 Å². The summed E-state index contributed by atoms with van der Waals surface area (Å²) in [4.78, 5) is 18.1. The molecule has 0 radical (unpaired) electrons. The van der Waals surface area contributed by atoms with E-state index in [0.717, 1.165) is 16.5 Å². The van der Waals surface area contributed by atoms with Gasteiger partial charge in [0, 0.05) is 34.6 Å². The molecule has 3 rings (SSSR count). The zero-order valence-electron chi connectivity index (χ0n) is 10.7. The number of rotatable bonds is 3. The van der Waals surface area contributed by atoms with Crippen LogP contribution in [0.3, 0.4) is 0 Å². The van der Waals surface area contributed by atoms with Crippen molar-refractivity contribution in [1.29, 1.82) is 0 Å². The maximum atomic E-state index is 11.3. The summed E-state index contributed by atoms with van der Waals surface area (Å²) in [6.45, 7) is 0. The van der Waals surface area contributed by atoms with Crippen molar-refractivity contribution < 1.29 is 8.76 Å². The summed E-state index contributed by atoms with van der Waals surface area (Å²) in [6.07, 6.45) is 1.62. The highest BCUT2D eigenvalue weighted by Gasteiger charge is 2.05. The zero-order chi connectivity index (χ0) is 14.8. The first-order valence-electron chi connectivity index (χ1n) is 6.08. The van der Waals surface area contributed by atoms with Gasteiger partial charge in [-0.1, -0.05) is 12.1 Å². The smallest absolute Gasteiger partial charge is 0.249 e. The standard InChI is InChI=1S/C14H11N3O3S/c18-13-6-5-12-11(7-8-15-14(12)16-13)9-1-3-10(4-2-9)17-21(19)20/h1-8,17H,(H,19,20)(H,15,16,18)/p-1. The van der Waals surface area contributed by atoms with Gasteiger partial charge in [-0.05, 0) is 35.4 Å². The molecule has 1 unspecified atom stereocenters. The van der Waals surface area contributed by atoms with Crippen LogP contribution >= 0.6 is 0 Å². The molecule has 0 saturated carbocycles. The molecule has 106 valence electrons. The first-order chi connectivity index (χ1) is 10.1. The molecule has 1 atom stereocenters. The van der Waals surface area contributed by atoms with Gasteiger partial charge in [0.1, 0.15) is 5.65 Å². The molecule has 0 amide bonds. The third-order valence-corrected chi connectivity index (χ3v) is 3.43. The van der Waals surface area contributed by atoms with Gasteiger partial charge in [0.15, 0.2) is 0 Å². The van der Waals surface area contributed by atoms with Crippen LogP contribution in [0, 0.1) is 0 Å². The number of aromatic nitrogens is 2. The molecule has 0 bridgehead atoms. The predicted molar refractivity (Wildman–Crippen MR) is 80.3 cm³/mol. The molecule has 21 heavy (non-hydrogen) atoms. The number of aromatic amines is 1. The molecule has 0 fully saturated rings. The van der Waals surface area contributed by atoms with Gasteiger partial charge in [-0.3, -0.25) is 9.00 Å². The van der Waals surface area contributed by atoms with E-state index in [1.165, 1.54) is 6.07 Å². The third kappa shape index (κ3) is 2.83. The van der Waals surface area contributed by atoms with E-state index in [9.17, 15) is 13.6 Å². The third-order valence-electron chi connectivity index (χ3n) is 3.03. The minimum Gasteiger partial charge on any atom is -0.755 e. The number of pyridine rings is 2. The monoisotopic (exact) mass is 300 g/mol. The second-order valence-electron chi connectivity index (χ2n) is 4.36. The summed E-state index contributed by atoms with van der Waals surface area (Å²) in [6, 6.07) is 11.9. The van der Waals surface area contributed by atoms with Gasteiger partial charge < -0.3 is 14.3 Å². The summed E-state index contributed by atoms with van der Waals surface area (Å²) in [7, 11) is 0. The lowest BCUT2D eigenvalue weighted by Crippen LogP contribution is -2.04. The van der Waals surface area contributed by atoms with Crippen molar-refractivity contribution in [3.8, 4) is 11.1 Å². The average Bonchev–Trinajstić information content (AvgIpc) is 2.46. The quantitative estimate of drug-likeness (QED) is 0.720. The Hall–Kier alpha value is -2.51. The van der Waals surface area contributed by atoms with Crippen LogP contribution in [0.4, 0.5) is 5.69 Å². The number of benzene rings is 1. The molecule has 0 aliphatic heterocycles. The van der Waals surface area contributed by atoms with Crippen molar-refractivity contribution in [2.24, 2.45) is 0 Å². The second kappa shape index (κ2) is 5.47. The van der Waals surface area contributed by atoms with Gasteiger partial charge in [0.05, 0.1) is 0 Å². The van der Waals surface area contributed by atoms with Crippen LogP contribution in [0.1, 0.15) is 0 Å². The first kappa shape index (κ1) is 13.5. The Morgan fingerprint density at radius 2 is 1.86 bits per heavy atom. The topological polar surface area (TPSA) is 97.9 Å². The fraction of sp³-hybridized carbons (Fsp3) is 0. The van der Waals surface area contributed by atoms with E-state index in [1.54, 1.807) is 36.5 Å². The Kier molecular flexibility index (Phi) is 3.51. The molecular weight excluding hydrogens is 290 g/mol. The molecule has 0 aliphatic carbocycles. The van der Waals surface area contributed by atoms with Crippen LogP contribution in [-0.2, 0) is 11.3 Å². The van der Waals surface area contributed by atoms with E-state index in [0.29, 0.717) is 11.3 Å². The molecule has 0 saturated heterocycles. The van der Waals surface area contributed by atoms with E-state index in [-0.39, 0.29) is 5.56 Å². The Balaban J connectivity index is 2.08. The fourth-order valence-corrected chi connectivity index (χ4v) is 2.45. The number of nitrogens with zero attached hydrogens (tertiary/aromatic N) is 1. The summed E-state index contributed by atoms with van der Waals surface area (Å²) in [5.41, 5.74) is 2.61. The number of H-pyrrole nitrogens is 1. The summed E-state index contributed by atoms with van der Waals surface area (Å²) in [5.74, 6) is 0. The van der Waals surface area contributed by atoms with Crippen molar-refractivity contribution in [2.45, 2.75) is 0 Å². The average molecular weight is 300 g/mol. The molecule has 7 heteroatoms. The molecule has 2 aromatic heterocycles. The molecule has 0 aliphatic rings. The van der Waals surface area contributed by atoms with Crippen LogP contribution in [0.5, 0.6) is 0 Å². The maximum Gasteiger partial charge on any atom is 0.249 e. The number of nitrogens with one attached hydrogen (secondary N) is 2. The lowest BCUT2D eigenvalue weighted by molar-refractivity contribution is 0.542. The van der Waals surface area contributed by atoms with Crippen LogP contribution in [0.2, 0.25) is 0 Å². The SMILES string of the molecule is O=c1ccc2c(-c3ccc(NS(=O)[O-])cc3)ccnc2[nH]1. The fourth-order valence-electron chi connectivity index (χ4n) is 2.12. The largest absolute Gasteiger partial charge is 0.755 e. The number of hydrogen-bond acceptors (Lipinski definition) is 4. The lowest BCUT2D eigenvalue weighted by Gasteiger charge is -2.10. The van der Waals surface area contributed by atoms with Gasteiger partial charge in [0.25, 0.3) is 0 Å². The Labute approximate surface area is 122 Å². The highest BCUT2D eigenvalue weighted by molar-refractivity contribution is 7.80. The number of hydrogen-bond donors (Lipinski definition) is 2. The van der Waals surface area contributed by atoms with E-state index >= 15 is 0 Å². The van der Waals surface area contributed by atoms with Gasteiger partial charge in [-0.25, -0.2) is 4.98 Å². The number of anilines is 1. The summed E-state index contributed by atoms with van der Waals surface area (Å²) < 4.78 is 23.4. The van der Waals surface area contributed by atoms with Crippen molar-refractivity contribution in [3.05, 3.63) is 59.0 Å². The molecule has 0 spiro atoms. The molecule has 6 nitrogen and oxygen atoms in total. The Morgan fingerprint density at radius 3 is 2.57 bits per heavy atom. The summed E-state index contributed by atoms with van der Waals surface area (Å²) >= 11 is -2.34. The minimum atomic E-state index is -2.34. The maximum absolute atomic E-state index is 11.3. The normalized spacial score (nSPS) is 12.2. The second-order valence-corrected chi connectivity index (χ2v) is 5.03. The van der Waals surface area contributed by atoms with Gasteiger partial charge in [-0.15, -0.1) is 0 Å². The summed E-state index contributed by atoms with van der Waals surface area (Å²) in [5, 5.41) is 0.824. The van der Waals surface area contributed by atoms with Crippen LogP contribution < -0.4 is 10.3 Å². The van der Waals surface area contributed by atoms with E-state index in [1.807, 2.05) is 6.07 Å². The van der Waals surface area contributed by atoms with Crippen LogP contribution in [-0.4, -0.2) is 18.7 Å². The minimum absolute atomic E-state index is 0.204. The van der Waals surface area contributed by atoms with Crippen molar-refractivity contribution in [2.75, 3.05) is 4.72 Å². The molecule has 1 aromatic carbocycles. The highest BCUT2D eigenvalue weighted by atomic mass is 32.2. The van der Waals surface area contributed by atoms with E-state index in [4.69, 9.17) is 0 Å². The first-order valence-corrected chi connectivity index (χ1v) is 7.15. The van der Waals surface area contributed by atoms with Gasteiger partial charge >= 0.3 is 0 Å². The Morgan fingerprint density at radius 1 is 1.10 bits per heavy atom.